The van der Waals surface area contributed by atoms with E-state index in [4.69, 9.17) is 9.47 Å². The fourth-order valence-electron chi connectivity index (χ4n) is 3.76. The number of anilines is 1. The Bertz CT molecular complexity index is 912. The van der Waals surface area contributed by atoms with E-state index < -0.39 is 0 Å². The molecule has 1 atom stereocenters. The zero-order valence-electron chi connectivity index (χ0n) is 16.6. The molecule has 0 unspecified atom stereocenters. The van der Waals surface area contributed by atoms with Gasteiger partial charge in [0.05, 0.1) is 24.5 Å². The third-order valence-electron chi connectivity index (χ3n) is 5.29. The maximum absolute atomic E-state index is 12.7. The lowest BCUT2D eigenvalue weighted by Gasteiger charge is -2.40. The molecule has 2 aliphatic rings. The molecule has 0 saturated carbocycles. The Kier molecular flexibility index (Phi) is 5.50. The van der Waals surface area contributed by atoms with E-state index in [1.54, 1.807) is 15.8 Å². The van der Waals surface area contributed by atoms with Crippen LogP contribution in [0.1, 0.15) is 0 Å². The van der Waals surface area contributed by atoms with Gasteiger partial charge in [0.2, 0.25) is 11.8 Å². The van der Waals surface area contributed by atoms with E-state index in [-0.39, 0.29) is 31.0 Å². The van der Waals surface area contributed by atoms with Crippen molar-refractivity contribution in [3.63, 3.8) is 0 Å². The van der Waals surface area contributed by atoms with Crippen LogP contribution in [0.5, 0.6) is 5.75 Å². The zero-order chi connectivity index (χ0) is 20.4. The van der Waals surface area contributed by atoms with Gasteiger partial charge in [-0.05, 0) is 17.7 Å². The summed E-state index contributed by atoms with van der Waals surface area (Å²) in [5.74, 6) is 0.480. The molecule has 3 heterocycles. The highest BCUT2D eigenvalue weighted by molar-refractivity contribution is 5.94. The number of carbonyl (C=O) groups is 2. The summed E-state index contributed by atoms with van der Waals surface area (Å²) in [7, 11) is 3.38. The molecule has 1 saturated heterocycles. The summed E-state index contributed by atoms with van der Waals surface area (Å²) in [6.07, 6.45) is 3.71. The van der Waals surface area contributed by atoms with Gasteiger partial charge in [-0.25, -0.2) is 0 Å². The smallest absolute Gasteiger partial charge is 0.248 e. The number of hydrogen-bond donors (Lipinski definition) is 1. The van der Waals surface area contributed by atoms with E-state index in [0.717, 1.165) is 11.1 Å². The standard InChI is InChI=1S/C20H25N5O4/c1-23-9-15(8-21-23)14-3-4-18-17(7-14)22-19(26)11-24-5-6-25(20(27)13-28-2)10-16(24)12-29-18/h3-4,7-9,16H,5-6,10-13H2,1-2H3,(H,22,26)/t16-/m0/s1. The Labute approximate surface area is 169 Å². The number of rotatable bonds is 3. The maximum atomic E-state index is 12.7. The van der Waals surface area contributed by atoms with Crippen LogP contribution in [0.3, 0.4) is 0 Å². The van der Waals surface area contributed by atoms with Gasteiger partial charge in [0.1, 0.15) is 19.0 Å². The van der Waals surface area contributed by atoms with Crippen LogP contribution in [-0.4, -0.2) is 83.9 Å². The van der Waals surface area contributed by atoms with Crippen LogP contribution >= 0.6 is 0 Å². The molecule has 0 bridgehead atoms. The van der Waals surface area contributed by atoms with Gasteiger partial charge in [0, 0.05) is 45.6 Å². The SMILES string of the molecule is COCC(=O)N1CCN2CC(=O)Nc3cc(-c4cnn(C)c4)ccc3OC[C@@H]2C1. The first-order chi connectivity index (χ1) is 14.0. The fourth-order valence-corrected chi connectivity index (χ4v) is 3.76. The Balaban J connectivity index is 1.54. The predicted molar refractivity (Wildman–Crippen MR) is 107 cm³/mol. The number of nitrogens with one attached hydrogen (secondary N) is 1. The lowest BCUT2D eigenvalue weighted by Crippen LogP contribution is -2.58. The molecule has 1 fully saturated rings. The molecule has 1 aromatic carbocycles. The number of piperazine rings is 1. The van der Waals surface area contributed by atoms with Crippen LogP contribution in [0.15, 0.2) is 30.6 Å². The van der Waals surface area contributed by atoms with Gasteiger partial charge in [0.15, 0.2) is 0 Å². The molecule has 154 valence electrons. The molecule has 0 spiro atoms. The van der Waals surface area contributed by atoms with E-state index in [1.807, 2.05) is 31.4 Å². The van der Waals surface area contributed by atoms with E-state index >= 15 is 0 Å². The zero-order valence-corrected chi connectivity index (χ0v) is 16.6. The number of aromatic nitrogens is 2. The third-order valence-corrected chi connectivity index (χ3v) is 5.29. The molecule has 1 N–H and O–H groups in total. The summed E-state index contributed by atoms with van der Waals surface area (Å²) in [6.45, 7) is 2.42. The lowest BCUT2D eigenvalue weighted by molar-refractivity contribution is -0.138. The Hall–Kier alpha value is -2.91. The molecular weight excluding hydrogens is 374 g/mol. The van der Waals surface area contributed by atoms with E-state index in [2.05, 4.69) is 15.3 Å². The monoisotopic (exact) mass is 399 g/mol. The number of nitrogens with zero attached hydrogens (tertiary/aromatic N) is 4. The van der Waals surface area contributed by atoms with E-state index in [0.29, 0.717) is 37.7 Å². The molecule has 29 heavy (non-hydrogen) atoms. The summed E-state index contributed by atoms with van der Waals surface area (Å²) in [5, 5.41) is 7.18. The molecule has 2 aromatic rings. The van der Waals surface area contributed by atoms with Crippen molar-refractivity contribution in [2.24, 2.45) is 7.05 Å². The number of hydrogen-bond acceptors (Lipinski definition) is 6. The summed E-state index contributed by atoms with van der Waals surface area (Å²) in [5.41, 5.74) is 2.56. The Morgan fingerprint density at radius 1 is 1.34 bits per heavy atom. The second kappa shape index (κ2) is 8.22. The van der Waals surface area contributed by atoms with Gasteiger partial charge >= 0.3 is 0 Å². The highest BCUT2D eigenvalue weighted by Crippen LogP contribution is 2.32. The lowest BCUT2D eigenvalue weighted by atomic mass is 10.1. The second-order valence-corrected chi connectivity index (χ2v) is 7.37. The van der Waals surface area contributed by atoms with Crippen LogP contribution in [0.4, 0.5) is 5.69 Å². The topological polar surface area (TPSA) is 88.9 Å². The molecule has 1 aromatic heterocycles. The quantitative estimate of drug-likeness (QED) is 0.812. The van der Waals surface area contributed by atoms with Crippen molar-refractivity contribution in [1.82, 2.24) is 19.6 Å². The van der Waals surface area contributed by atoms with Gasteiger partial charge < -0.3 is 19.7 Å². The number of aryl methyl sites for hydroxylation is 1. The minimum atomic E-state index is -0.0956. The minimum absolute atomic E-state index is 0.0435. The average Bonchev–Trinajstić information content (AvgIpc) is 3.15. The number of amides is 2. The van der Waals surface area contributed by atoms with Crippen LogP contribution < -0.4 is 10.1 Å². The van der Waals surface area contributed by atoms with Gasteiger partial charge in [-0.15, -0.1) is 0 Å². The van der Waals surface area contributed by atoms with Crippen molar-refractivity contribution in [3.05, 3.63) is 30.6 Å². The molecule has 4 rings (SSSR count). The number of benzene rings is 1. The van der Waals surface area contributed by atoms with Gasteiger partial charge in [-0.2, -0.15) is 5.10 Å². The number of carbonyl (C=O) groups excluding carboxylic acids is 2. The van der Waals surface area contributed by atoms with Crippen LogP contribution in [0.25, 0.3) is 11.1 Å². The summed E-state index contributed by atoms with van der Waals surface area (Å²) in [4.78, 5) is 28.7. The second-order valence-electron chi connectivity index (χ2n) is 7.37. The van der Waals surface area contributed by atoms with Crippen molar-refractivity contribution >= 4 is 17.5 Å². The molecule has 9 heteroatoms. The average molecular weight is 399 g/mol. The highest BCUT2D eigenvalue weighted by Gasteiger charge is 2.32. The van der Waals surface area contributed by atoms with E-state index in [9.17, 15) is 9.59 Å². The van der Waals surface area contributed by atoms with Crippen molar-refractivity contribution in [2.75, 3.05) is 51.8 Å². The largest absolute Gasteiger partial charge is 0.490 e. The molecule has 2 amide bonds. The Morgan fingerprint density at radius 2 is 2.21 bits per heavy atom. The molecule has 0 radical (unpaired) electrons. The first kappa shape index (κ1) is 19.4. The normalized spacial score (nSPS) is 19.9. The van der Waals surface area contributed by atoms with Gasteiger partial charge in [-0.3, -0.25) is 19.2 Å². The molecule has 2 aliphatic heterocycles. The first-order valence-corrected chi connectivity index (χ1v) is 9.60. The van der Waals surface area contributed by atoms with Crippen molar-refractivity contribution < 1.29 is 19.1 Å². The van der Waals surface area contributed by atoms with Crippen LogP contribution in [0.2, 0.25) is 0 Å². The minimum Gasteiger partial charge on any atom is -0.490 e. The third kappa shape index (κ3) is 4.25. The molecule has 0 aliphatic carbocycles. The maximum Gasteiger partial charge on any atom is 0.248 e. The number of methoxy groups -OCH3 is 1. The summed E-state index contributed by atoms with van der Waals surface area (Å²) < 4.78 is 12.8. The van der Waals surface area contributed by atoms with Crippen LogP contribution in [-0.2, 0) is 21.4 Å². The fraction of sp³-hybridized carbons (Fsp3) is 0.450. The number of ether oxygens (including phenoxy) is 2. The molecular formula is C20H25N5O4. The summed E-state index contributed by atoms with van der Waals surface area (Å²) in [6, 6.07) is 5.67. The van der Waals surface area contributed by atoms with Gasteiger partial charge in [0.25, 0.3) is 0 Å². The molecule has 9 nitrogen and oxygen atoms in total. The van der Waals surface area contributed by atoms with E-state index in [1.165, 1.54) is 7.11 Å². The first-order valence-electron chi connectivity index (χ1n) is 9.60. The van der Waals surface area contributed by atoms with Crippen molar-refractivity contribution in [1.29, 1.82) is 0 Å². The highest BCUT2D eigenvalue weighted by atomic mass is 16.5. The Morgan fingerprint density at radius 3 is 2.97 bits per heavy atom. The number of fused-ring (bicyclic) bond motifs is 2. The summed E-state index contributed by atoms with van der Waals surface area (Å²) >= 11 is 0. The van der Waals surface area contributed by atoms with Crippen LogP contribution in [0, 0.1) is 0 Å². The predicted octanol–water partition coefficient (Wildman–Crippen LogP) is 0.577. The van der Waals surface area contributed by atoms with Crippen molar-refractivity contribution in [3.8, 4) is 16.9 Å². The van der Waals surface area contributed by atoms with Crippen molar-refractivity contribution in [2.45, 2.75) is 6.04 Å². The van der Waals surface area contributed by atoms with Gasteiger partial charge in [-0.1, -0.05) is 6.07 Å².